The molecule has 0 aliphatic rings. The van der Waals surface area contributed by atoms with Crippen LogP contribution in [0, 0.1) is 6.92 Å². The number of carbonyl (C=O) groups is 2. The van der Waals surface area contributed by atoms with Crippen molar-refractivity contribution in [2.24, 2.45) is 0 Å². The molecule has 7 nitrogen and oxygen atoms in total. The van der Waals surface area contributed by atoms with Crippen molar-refractivity contribution in [3.05, 3.63) is 17.5 Å². The number of aliphatic carboxylic acids is 1. The van der Waals surface area contributed by atoms with Crippen LogP contribution in [0.4, 0.5) is 5.95 Å². The Morgan fingerprint density at radius 3 is 2.55 bits per heavy atom. The van der Waals surface area contributed by atoms with Crippen molar-refractivity contribution in [3.8, 4) is 0 Å². The van der Waals surface area contributed by atoms with Gasteiger partial charge < -0.3 is 14.7 Å². The number of esters is 1. The molecule has 1 aromatic heterocycles. The highest BCUT2D eigenvalue weighted by molar-refractivity contribution is 5.90. The Balaban J connectivity index is 3.05. The number of anilines is 1. The minimum Gasteiger partial charge on any atom is -0.480 e. The number of carbonyl (C=O) groups excluding carboxylic acids is 1. The van der Waals surface area contributed by atoms with Crippen LogP contribution < -0.4 is 4.90 Å². The second-order valence-corrected chi connectivity index (χ2v) is 4.50. The molecule has 110 valence electrons. The summed E-state index contributed by atoms with van der Waals surface area (Å²) in [5, 5.41) is 8.90. The smallest absolute Gasteiger partial charge is 0.341 e. The Labute approximate surface area is 117 Å². The van der Waals surface area contributed by atoms with Crippen LogP contribution in [-0.2, 0) is 9.53 Å². The van der Waals surface area contributed by atoms with Gasteiger partial charge in [-0.25, -0.2) is 14.8 Å². The van der Waals surface area contributed by atoms with Crippen LogP contribution >= 0.6 is 0 Å². The van der Waals surface area contributed by atoms with Gasteiger partial charge in [-0.05, 0) is 27.7 Å². The first-order valence-electron chi connectivity index (χ1n) is 6.36. The van der Waals surface area contributed by atoms with Gasteiger partial charge >= 0.3 is 11.9 Å². The van der Waals surface area contributed by atoms with E-state index in [1.807, 2.05) is 13.8 Å². The van der Waals surface area contributed by atoms with Gasteiger partial charge in [0.05, 0.1) is 17.9 Å². The molecule has 0 saturated carbocycles. The van der Waals surface area contributed by atoms with Crippen molar-refractivity contribution in [1.82, 2.24) is 9.97 Å². The van der Waals surface area contributed by atoms with E-state index in [2.05, 4.69) is 9.97 Å². The maximum Gasteiger partial charge on any atom is 0.341 e. The summed E-state index contributed by atoms with van der Waals surface area (Å²) in [4.78, 5) is 32.3. The van der Waals surface area contributed by atoms with Gasteiger partial charge in [0.1, 0.15) is 6.54 Å². The molecule has 0 amide bonds. The zero-order valence-electron chi connectivity index (χ0n) is 12.1. The molecule has 0 saturated heterocycles. The molecule has 0 aliphatic carbocycles. The Morgan fingerprint density at radius 1 is 1.45 bits per heavy atom. The van der Waals surface area contributed by atoms with Crippen LogP contribution in [0.2, 0.25) is 0 Å². The number of ether oxygens (including phenoxy) is 1. The molecule has 1 rings (SSSR count). The van der Waals surface area contributed by atoms with Gasteiger partial charge in [0, 0.05) is 12.2 Å². The molecule has 20 heavy (non-hydrogen) atoms. The molecular weight excluding hydrogens is 262 g/mol. The normalized spacial score (nSPS) is 10.4. The van der Waals surface area contributed by atoms with Crippen LogP contribution in [-0.4, -0.2) is 46.2 Å². The summed E-state index contributed by atoms with van der Waals surface area (Å²) in [6.45, 7) is 7.15. The third-order valence-electron chi connectivity index (χ3n) is 2.65. The van der Waals surface area contributed by atoms with Gasteiger partial charge in [-0.3, -0.25) is 4.79 Å². The quantitative estimate of drug-likeness (QED) is 0.784. The summed E-state index contributed by atoms with van der Waals surface area (Å²) < 4.78 is 4.89. The van der Waals surface area contributed by atoms with Gasteiger partial charge in [0.25, 0.3) is 0 Å². The maximum atomic E-state index is 11.6. The summed E-state index contributed by atoms with van der Waals surface area (Å²) in [5.74, 6) is -1.16. The van der Waals surface area contributed by atoms with Crippen LogP contribution in [0.5, 0.6) is 0 Å². The van der Waals surface area contributed by atoms with Crippen molar-refractivity contribution in [2.45, 2.75) is 33.7 Å². The monoisotopic (exact) mass is 281 g/mol. The van der Waals surface area contributed by atoms with Crippen molar-refractivity contribution in [2.75, 3.05) is 18.1 Å². The van der Waals surface area contributed by atoms with E-state index in [0.29, 0.717) is 5.69 Å². The number of nitrogens with zero attached hydrogens (tertiary/aromatic N) is 3. The third-order valence-corrected chi connectivity index (χ3v) is 2.65. The van der Waals surface area contributed by atoms with E-state index in [1.54, 1.807) is 18.7 Å². The molecular formula is C13H19N3O4. The minimum atomic E-state index is -0.963. The van der Waals surface area contributed by atoms with E-state index in [4.69, 9.17) is 9.84 Å². The fraction of sp³-hybridized carbons (Fsp3) is 0.538. The average Bonchev–Trinajstić information content (AvgIpc) is 2.35. The Morgan fingerprint density at radius 2 is 2.10 bits per heavy atom. The summed E-state index contributed by atoms with van der Waals surface area (Å²) in [6, 6.07) is -0.0704. The Kier molecular flexibility index (Phi) is 5.42. The number of hydrogen-bond acceptors (Lipinski definition) is 6. The third kappa shape index (κ3) is 3.91. The molecule has 0 bridgehead atoms. The highest BCUT2D eigenvalue weighted by Crippen LogP contribution is 2.14. The minimum absolute atomic E-state index is 0.0704. The first-order valence-corrected chi connectivity index (χ1v) is 6.36. The molecule has 0 unspecified atom stereocenters. The Bertz CT molecular complexity index is 502. The summed E-state index contributed by atoms with van der Waals surface area (Å²) in [6.07, 6.45) is 1.37. The fourth-order valence-electron chi connectivity index (χ4n) is 1.63. The number of aryl methyl sites for hydroxylation is 1. The summed E-state index contributed by atoms with van der Waals surface area (Å²) >= 11 is 0. The van der Waals surface area contributed by atoms with E-state index >= 15 is 0 Å². The predicted octanol–water partition coefficient (Wildman–Crippen LogP) is 1.26. The van der Waals surface area contributed by atoms with Gasteiger partial charge in [-0.2, -0.15) is 0 Å². The first kappa shape index (κ1) is 15.9. The highest BCUT2D eigenvalue weighted by Gasteiger charge is 2.19. The number of carboxylic acid groups (broad SMARTS) is 1. The van der Waals surface area contributed by atoms with E-state index in [1.165, 1.54) is 6.20 Å². The van der Waals surface area contributed by atoms with Crippen LogP contribution in [0.15, 0.2) is 6.20 Å². The molecule has 1 aromatic rings. The fourth-order valence-corrected chi connectivity index (χ4v) is 1.63. The lowest BCUT2D eigenvalue weighted by molar-refractivity contribution is -0.135. The summed E-state index contributed by atoms with van der Waals surface area (Å²) in [5.41, 5.74) is 0.749. The second-order valence-electron chi connectivity index (χ2n) is 4.50. The number of aromatic nitrogens is 2. The molecule has 0 aliphatic heterocycles. The van der Waals surface area contributed by atoms with Gasteiger partial charge in [-0.15, -0.1) is 0 Å². The molecule has 0 aromatic carbocycles. The van der Waals surface area contributed by atoms with Gasteiger partial charge in [-0.1, -0.05) is 0 Å². The zero-order chi connectivity index (χ0) is 15.3. The standard InChI is InChI=1S/C13H19N3O4/c1-5-20-12(19)10-6-14-13(15-9(10)4)16(8(2)3)7-11(17)18/h6,8H,5,7H2,1-4H3,(H,17,18). The van der Waals surface area contributed by atoms with Crippen molar-refractivity contribution < 1.29 is 19.4 Å². The maximum absolute atomic E-state index is 11.6. The van der Waals surface area contributed by atoms with Crippen LogP contribution in [0.25, 0.3) is 0 Å². The van der Waals surface area contributed by atoms with Crippen LogP contribution in [0.1, 0.15) is 36.8 Å². The molecule has 1 heterocycles. The van der Waals surface area contributed by atoms with Crippen molar-refractivity contribution in [1.29, 1.82) is 0 Å². The van der Waals surface area contributed by atoms with Crippen molar-refractivity contribution in [3.63, 3.8) is 0 Å². The lowest BCUT2D eigenvalue weighted by Crippen LogP contribution is -2.37. The van der Waals surface area contributed by atoms with E-state index < -0.39 is 11.9 Å². The molecule has 0 spiro atoms. The molecule has 1 N–H and O–H groups in total. The van der Waals surface area contributed by atoms with Crippen LogP contribution in [0.3, 0.4) is 0 Å². The largest absolute Gasteiger partial charge is 0.480 e. The van der Waals surface area contributed by atoms with E-state index in [-0.39, 0.29) is 30.7 Å². The zero-order valence-corrected chi connectivity index (χ0v) is 12.1. The summed E-state index contributed by atoms with van der Waals surface area (Å²) in [7, 11) is 0. The van der Waals surface area contributed by atoms with Gasteiger partial charge in [0.15, 0.2) is 0 Å². The first-order chi connectivity index (χ1) is 9.36. The molecule has 7 heteroatoms. The number of carboxylic acids is 1. The molecule has 0 atom stereocenters. The SMILES string of the molecule is CCOC(=O)c1cnc(N(CC(=O)O)C(C)C)nc1C. The molecule has 0 fully saturated rings. The lowest BCUT2D eigenvalue weighted by Gasteiger charge is -2.25. The number of rotatable bonds is 6. The second kappa shape index (κ2) is 6.83. The van der Waals surface area contributed by atoms with Crippen molar-refractivity contribution >= 4 is 17.9 Å². The Hall–Kier alpha value is -2.18. The van der Waals surface area contributed by atoms with E-state index in [9.17, 15) is 9.59 Å². The van der Waals surface area contributed by atoms with Gasteiger partial charge in [0.2, 0.25) is 5.95 Å². The average molecular weight is 281 g/mol. The molecule has 0 radical (unpaired) electrons. The number of hydrogen-bond donors (Lipinski definition) is 1. The predicted molar refractivity (Wildman–Crippen MR) is 72.8 cm³/mol. The topological polar surface area (TPSA) is 92.6 Å². The van der Waals surface area contributed by atoms with E-state index in [0.717, 1.165) is 0 Å². The lowest BCUT2D eigenvalue weighted by atomic mass is 10.2. The highest BCUT2D eigenvalue weighted by atomic mass is 16.5.